The summed E-state index contributed by atoms with van der Waals surface area (Å²) in [5.41, 5.74) is 1.81. The molecule has 31 heavy (non-hydrogen) atoms. The monoisotopic (exact) mass is 427 g/mol. The Bertz CT molecular complexity index is 853. The summed E-state index contributed by atoms with van der Waals surface area (Å²) in [6, 6.07) is 15.1. The van der Waals surface area contributed by atoms with Crippen molar-refractivity contribution in [2.75, 3.05) is 26.0 Å². The van der Waals surface area contributed by atoms with Gasteiger partial charge >= 0.3 is 6.03 Å². The van der Waals surface area contributed by atoms with Crippen molar-refractivity contribution in [1.29, 1.82) is 0 Å². The van der Waals surface area contributed by atoms with Gasteiger partial charge in [0.25, 0.3) is 0 Å². The third-order valence-corrected chi connectivity index (χ3v) is 4.25. The molecule has 168 valence electrons. The minimum absolute atomic E-state index is 0.0620. The number of guanidine groups is 1. The third kappa shape index (κ3) is 8.86. The van der Waals surface area contributed by atoms with E-state index in [1.54, 1.807) is 14.2 Å². The lowest BCUT2D eigenvalue weighted by atomic mass is 10.2. The molecule has 2 rings (SSSR count). The van der Waals surface area contributed by atoms with Crippen LogP contribution in [0.1, 0.15) is 26.3 Å². The number of hydrogen-bond acceptors (Lipinski definition) is 4. The molecule has 0 aliphatic heterocycles. The minimum atomic E-state index is -0.212. The first-order chi connectivity index (χ1) is 14.9. The van der Waals surface area contributed by atoms with Gasteiger partial charge in [-0.1, -0.05) is 18.2 Å². The Labute approximate surface area is 184 Å². The minimum Gasteiger partial charge on any atom is -0.497 e. The van der Waals surface area contributed by atoms with Crippen LogP contribution in [0.5, 0.6) is 11.5 Å². The van der Waals surface area contributed by atoms with E-state index in [0.29, 0.717) is 19.0 Å². The van der Waals surface area contributed by atoms with Gasteiger partial charge in [0.1, 0.15) is 17.6 Å². The molecule has 2 amide bonds. The van der Waals surface area contributed by atoms with Gasteiger partial charge < -0.3 is 30.7 Å². The van der Waals surface area contributed by atoms with Crippen LogP contribution in [0.2, 0.25) is 0 Å². The van der Waals surface area contributed by atoms with E-state index in [0.717, 1.165) is 22.7 Å². The lowest BCUT2D eigenvalue weighted by molar-refractivity contribution is 0.223. The quantitative estimate of drug-likeness (QED) is 0.364. The van der Waals surface area contributed by atoms with Gasteiger partial charge in [0.05, 0.1) is 13.7 Å². The lowest BCUT2D eigenvalue weighted by Gasteiger charge is -2.18. The van der Waals surface area contributed by atoms with E-state index < -0.39 is 0 Å². The Morgan fingerprint density at radius 1 is 1.03 bits per heavy atom. The third-order valence-electron chi connectivity index (χ3n) is 4.25. The summed E-state index contributed by atoms with van der Waals surface area (Å²) >= 11 is 0. The summed E-state index contributed by atoms with van der Waals surface area (Å²) in [4.78, 5) is 16.0. The molecule has 0 saturated heterocycles. The van der Waals surface area contributed by atoms with Crippen LogP contribution in [-0.4, -0.2) is 44.8 Å². The number of nitrogens with one attached hydrogen (secondary N) is 4. The predicted octanol–water partition coefficient (Wildman–Crippen LogP) is 3.36. The fourth-order valence-corrected chi connectivity index (χ4v) is 2.73. The molecule has 2 aromatic carbocycles. The van der Waals surface area contributed by atoms with Crippen molar-refractivity contribution in [3.8, 4) is 11.5 Å². The molecule has 0 spiro atoms. The van der Waals surface area contributed by atoms with Gasteiger partial charge in [0.15, 0.2) is 5.96 Å². The number of carbonyl (C=O) groups is 1. The molecule has 2 aromatic rings. The molecule has 0 radical (unpaired) electrons. The Hall–Kier alpha value is -3.42. The zero-order valence-corrected chi connectivity index (χ0v) is 18.9. The number of hydrogen-bond donors (Lipinski definition) is 4. The molecule has 0 fully saturated rings. The van der Waals surface area contributed by atoms with E-state index in [2.05, 4.69) is 26.3 Å². The fraction of sp³-hybridized carbons (Fsp3) is 0.391. The molecule has 0 bridgehead atoms. The molecule has 8 heteroatoms. The summed E-state index contributed by atoms with van der Waals surface area (Å²) in [6.07, 6.45) is -0.0620. The molecule has 1 unspecified atom stereocenters. The second-order valence-electron chi connectivity index (χ2n) is 7.36. The van der Waals surface area contributed by atoms with E-state index >= 15 is 0 Å². The predicted molar refractivity (Wildman–Crippen MR) is 125 cm³/mol. The van der Waals surface area contributed by atoms with Crippen molar-refractivity contribution < 1.29 is 14.3 Å². The highest BCUT2D eigenvalue weighted by molar-refractivity contribution is 5.89. The molecular formula is C23H33N5O3. The molecule has 0 aliphatic carbocycles. The van der Waals surface area contributed by atoms with Gasteiger partial charge in [-0.05, 0) is 50.6 Å². The van der Waals surface area contributed by atoms with Crippen LogP contribution in [0.3, 0.4) is 0 Å². The number of anilines is 1. The summed E-state index contributed by atoms with van der Waals surface area (Å²) in [5.74, 6) is 2.20. The number of amides is 2. The van der Waals surface area contributed by atoms with Gasteiger partial charge in [0, 0.05) is 31.4 Å². The number of carbonyl (C=O) groups excluding carboxylic acids is 1. The Balaban J connectivity index is 1.76. The van der Waals surface area contributed by atoms with Crippen LogP contribution in [0.4, 0.5) is 10.5 Å². The molecule has 8 nitrogen and oxygen atoms in total. The largest absolute Gasteiger partial charge is 0.497 e. The first-order valence-corrected chi connectivity index (χ1v) is 10.3. The maximum Gasteiger partial charge on any atom is 0.319 e. The van der Waals surface area contributed by atoms with Crippen molar-refractivity contribution in [3.63, 3.8) is 0 Å². The summed E-state index contributed by atoms with van der Waals surface area (Å²) in [7, 11) is 3.36. The van der Waals surface area contributed by atoms with E-state index in [9.17, 15) is 4.79 Å². The second kappa shape index (κ2) is 12.3. The zero-order chi connectivity index (χ0) is 22.6. The van der Waals surface area contributed by atoms with Gasteiger partial charge in [-0.15, -0.1) is 0 Å². The van der Waals surface area contributed by atoms with E-state index in [1.165, 1.54) is 0 Å². The molecule has 0 saturated carbocycles. The van der Waals surface area contributed by atoms with Crippen LogP contribution in [0.25, 0.3) is 0 Å². The number of benzene rings is 2. The van der Waals surface area contributed by atoms with E-state index in [1.807, 2.05) is 69.3 Å². The Kier molecular flexibility index (Phi) is 9.48. The standard InChI is InChI=1S/C23H33N5O3/c1-16(2)27-23(29)28-19-11-9-18(10-12-19)15-26-22(24-4)25-14-17(3)31-21-8-6-7-20(13-21)30-5/h6-13,16-17H,14-15H2,1-5H3,(H2,24,25,26)(H2,27,28,29). The maximum absolute atomic E-state index is 11.8. The van der Waals surface area contributed by atoms with Crippen LogP contribution >= 0.6 is 0 Å². The van der Waals surface area contributed by atoms with Crippen LogP contribution in [-0.2, 0) is 6.54 Å². The Morgan fingerprint density at radius 2 is 1.74 bits per heavy atom. The summed E-state index contributed by atoms with van der Waals surface area (Å²) in [5, 5.41) is 12.1. The molecule has 4 N–H and O–H groups in total. The molecular weight excluding hydrogens is 394 g/mol. The highest BCUT2D eigenvalue weighted by atomic mass is 16.5. The van der Waals surface area contributed by atoms with Crippen LogP contribution in [0.15, 0.2) is 53.5 Å². The van der Waals surface area contributed by atoms with Crippen LogP contribution < -0.4 is 30.7 Å². The maximum atomic E-state index is 11.8. The topological polar surface area (TPSA) is 96.0 Å². The first-order valence-electron chi connectivity index (χ1n) is 10.3. The average Bonchev–Trinajstić information content (AvgIpc) is 2.74. The molecule has 0 heterocycles. The number of methoxy groups -OCH3 is 1. The van der Waals surface area contributed by atoms with Crippen molar-refractivity contribution in [3.05, 3.63) is 54.1 Å². The molecule has 0 aromatic heterocycles. The molecule has 0 aliphatic rings. The van der Waals surface area contributed by atoms with Crippen LogP contribution in [0, 0.1) is 0 Å². The second-order valence-corrected chi connectivity index (χ2v) is 7.36. The normalized spacial score (nSPS) is 12.1. The Morgan fingerprint density at radius 3 is 2.39 bits per heavy atom. The highest BCUT2D eigenvalue weighted by Crippen LogP contribution is 2.19. The smallest absolute Gasteiger partial charge is 0.319 e. The number of aliphatic imine (C=N–C) groups is 1. The summed E-state index contributed by atoms with van der Waals surface area (Å²) < 4.78 is 11.1. The van der Waals surface area contributed by atoms with Gasteiger partial charge in [-0.3, -0.25) is 4.99 Å². The SMILES string of the molecule is CN=C(NCc1ccc(NC(=O)NC(C)C)cc1)NCC(C)Oc1cccc(OC)c1. The summed E-state index contributed by atoms with van der Waals surface area (Å²) in [6.45, 7) is 7.01. The first kappa shape index (κ1) is 23.9. The number of urea groups is 1. The van der Waals surface area contributed by atoms with Gasteiger partial charge in [-0.25, -0.2) is 4.79 Å². The lowest BCUT2D eigenvalue weighted by Crippen LogP contribution is -2.41. The average molecular weight is 428 g/mol. The highest BCUT2D eigenvalue weighted by Gasteiger charge is 2.07. The fourth-order valence-electron chi connectivity index (χ4n) is 2.73. The van der Waals surface area contributed by atoms with Gasteiger partial charge in [-0.2, -0.15) is 0 Å². The van der Waals surface area contributed by atoms with Crippen molar-refractivity contribution in [2.24, 2.45) is 4.99 Å². The van der Waals surface area contributed by atoms with E-state index in [-0.39, 0.29) is 18.2 Å². The number of nitrogens with zero attached hydrogens (tertiary/aromatic N) is 1. The van der Waals surface area contributed by atoms with E-state index in [4.69, 9.17) is 9.47 Å². The van der Waals surface area contributed by atoms with Crippen molar-refractivity contribution in [1.82, 2.24) is 16.0 Å². The van der Waals surface area contributed by atoms with Gasteiger partial charge in [0.2, 0.25) is 0 Å². The number of ether oxygens (including phenoxy) is 2. The van der Waals surface area contributed by atoms with Crippen molar-refractivity contribution >= 4 is 17.7 Å². The van der Waals surface area contributed by atoms with Crippen molar-refractivity contribution in [2.45, 2.75) is 39.5 Å². The molecule has 1 atom stereocenters. The number of rotatable bonds is 9. The zero-order valence-electron chi connectivity index (χ0n) is 18.9.